The van der Waals surface area contributed by atoms with Gasteiger partial charge in [-0.2, -0.15) is 0 Å². The summed E-state index contributed by atoms with van der Waals surface area (Å²) >= 11 is 0. The zero-order valence-corrected chi connectivity index (χ0v) is 12.3. The summed E-state index contributed by atoms with van der Waals surface area (Å²) < 4.78 is 0. The molecular weight excluding hydrogens is 244 g/mol. The van der Waals surface area contributed by atoms with Gasteiger partial charge in [0.25, 0.3) is 0 Å². The zero-order valence-electron chi connectivity index (χ0n) is 12.3. The second kappa shape index (κ2) is 5.94. The predicted molar refractivity (Wildman–Crippen MR) is 85.8 cm³/mol. The van der Waals surface area contributed by atoms with Gasteiger partial charge in [-0.15, -0.1) is 0 Å². The molecule has 0 heterocycles. The van der Waals surface area contributed by atoms with E-state index in [-0.39, 0.29) is 0 Å². The van der Waals surface area contributed by atoms with E-state index >= 15 is 0 Å². The average Bonchev–Trinajstić information content (AvgIpc) is 3.02. The molecule has 0 radical (unpaired) electrons. The second-order valence-electron chi connectivity index (χ2n) is 5.92. The summed E-state index contributed by atoms with van der Waals surface area (Å²) in [5.41, 5.74) is 7.50. The second-order valence-corrected chi connectivity index (χ2v) is 5.92. The van der Waals surface area contributed by atoms with Crippen LogP contribution in [0.1, 0.15) is 37.3 Å². The maximum absolute atomic E-state index is 6.12. The van der Waals surface area contributed by atoms with Gasteiger partial charge in [0.15, 0.2) is 0 Å². The third kappa shape index (κ3) is 2.46. The Morgan fingerprint density at radius 1 is 1.10 bits per heavy atom. The molecule has 0 spiro atoms. The van der Waals surface area contributed by atoms with Crippen LogP contribution in [0.15, 0.2) is 42.5 Å². The van der Waals surface area contributed by atoms with Crippen LogP contribution in [-0.4, -0.2) is 24.5 Å². The minimum absolute atomic E-state index is 0.323. The fourth-order valence-electron chi connectivity index (χ4n) is 3.62. The smallest absolute Gasteiger partial charge is 0.0476 e. The molecule has 0 saturated heterocycles. The molecule has 20 heavy (non-hydrogen) atoms. The average molecular weight is 268 g/mol. The molecule has 106 valence electrons. The highest BCUT2D eigenvalue weighted by Crippen LogP contribution is 2.32. The largest absolute Gasteiger partial charge is 0.329 e. The quantitative estimate of drug-likeness (QED) is 0.916. The van der Waals surface area contributed by atoms with E-state index < -0.39 is 0 Å². The van der Waals surface area contributed by atoms with Crippen LogP contribution in [0.2, 0.25) is 0 Å². The molecule has 2 heteroatoms. The molecule has 1 fully saturated rings. The molecule has 3 rings (SSSR count). The Morgan fingerprint density at radius 3 is 2.55 bits per heavy atom. The van der Waals surface area contributed by atoms with Crippen LogP contribution in [0, 0.1) is 0 Å². The molecule has 0 amide bonds. The lowest BCUT2D eigenvalue weighted by molar-refractivity contribution is 0.180. The molecule has 1 aliphatic rings. The van der Waals surface area contributed by atoms with Gasteiger partial charge in [0.1, 0.15) is 0 Å². The monoisotopic (exact) mass is 268 g/mol. The summed E-state index contributed by atoms with van der Waals surface area (Å²) in [5.74, 6) is 0. The lowest BCUT2D eigenvalue weighted by Gasteiger charge is -2.33. The van der Waals surface area contributed by atoms with Gasteiger partial charge in [0.2, 0.25) is 0 Å². The Hall–Kier alpha value is -1.38. The molecule has 2 nitrogen and oxygen atoms in total. The molecule has 0 aromatic heterocycles. The van der Waals surface area contributed by atoms with Crippen LogP contribution in [0.5, 0.6) is 0 Å². The minimum atomic E-state index is 0.323. The Bertz CT molecular complexity index is 567. The molecule has 0 aliphatic heterocycles. The summed E-state index contributed by atoms with van der Waals surface area (Å²) in [6.45, 7) is 0.682. The molecule has 1 saturated carbocycles. The van der Waals surface area contributed by atoms with Gasteiger partial charge in [-0.05, 0) is 36.2 Å². The fraction of sp³-hybridized carbons (Fsp3) is 0.444. The number of benzene rings is 2. The fourth-order valence-corrected chi connectivity index (χ4v) is 3.62. The maximum atomic E-state index is 6.12. The van der Waals surface area contributed by atoms with Crippen molar-refractivity contribution in [1.82, 2.24) is 4.90 Å². The van der Waals surface area contributed by atoms with Crippen LogP contribution >= 0.6 is 0 Å². The minimum Gasteiger partial charge on any atom is -0.329 e. The van der Waals surface area contributed by atoms with Crippen molar-refractivity contribution in [2.75, 3.05) is 13.6 Å². The third-order valence-electron chi connectivity index (χ3n) is 4.80. The highest BCUT2D eigenvalue weighted by atomic mass is 15.2. The van der Waals surface area contributed by atoms with Gasteiger partial charge in [-0.25, -0.2) is 0 Å². The summed E-state index contributed by atoms with van der Waals surface area (Å²) in [7, 11) is 2.25. The van der Waals surface area contributed by atoms with Crippen molar-refractivity contribution < 1.29 is 0 Å². The number of fused-ring (bicyclic) bond motifs is 1. The van der Waals surface area contributed by atoms with Crippen molar-refractivity contribution in [2.24, 2.45) is 5.73 Å². The first-order chi connectivity index (χ1) is 9.81. The topological polar surface area (TPSA) is 29.3 Å². The summed E-state index contributed by atoms with van der Waals surface area (Å²) in [6.07, 6.45) is 5.36. The van der Waals surface area contributed by atoms with E-state index in [1.54, 1.807) is 0 Å². The van der Waals surface area contributed by atoms with Gasteiger partial charge < -0.3 is 5.73 Å². The highest BCUT2D eigenvalue weighted by Gasteiger charge is 2.26. The number of hydrogen-bond acceptors (Lipinski definition) is 2. The number of nitrogens with two attached hydrogens (primary N) is 1. The predicted octanol–water partition coefficient (Wildman–Crippen LogP) is 3.71. The first kappa shape index (κ1) is 13.6. The SMILES string of the molecule is CN(C1CCCC1)C(CN)c1cccc2ccccc12. The van der Waals surface area contributed by atoms with Crippen molar-refractivity contribution in [1.29, 1.82) is 0 Å². The summed E-state index contributed by atoms with van der Waals surface area (Å²) in [6, 6.07) is 16.2. The normalized spacial score (nSPS) is 17.9. The van der Waals surface area contributed by atoms with E-state index in [1.807, 2.05) is 0 Å². The van der Waals surface area contributed by atoms with Crippen molar-refractivity contribution in [3.05, 3.63) is 48.0 Å². The molecule has 0 bridgehead atoms. The van der Waals surface area contributed by atoms with Gasteiger partial charge in [-0.3, -0.25) is 4.90 Å². The number of nitrogens with zero attached hydrogens (tertiary/aromatic N) is 1. The van der Waals surface area contributed by atoms with E-state index in [9.17, 15) is 0 Å². The van der Waals surface area contributed by atoms with Gasteiger partial charge in [-0.1, -0.05) is 55.3 Å². The highest BCUT2D eigenvalue weighted by molar-refractivity contribution is 5.86. The molecule has 1 aliphatic carbocycles. The number of hydrogen-bond donors (Lipinski definition) is 1. The van der Waals surface area contributed by atoms with Gasteiger partial charge in [0, 0.05) is 18.6 Å². The maximum Gasteiger partial charge on any atom is 0.0476 e. The zero-order chi connectivity index (χ0) is 13.9. The molecule has 2 N–H and O–H groups in total. The summed E-state index contributed by atoms with van der Waals surface area (Å²) in [5, 5.41) is 2.65. The summed E-state index contributed by atoms with van der Waals surface area (Å²) in [4.78, 5) is 2.51. The molecule has 1 unspecified atom stereocenters. The third-order valence-corrected chi connectivity index (χ3v) is 4.80. The Kier molecular flexibility index (Phi) is 4.04. The van der Waals surface area contributed by atoms with Crippen LogP contribution in [0.3, 0.4) is 0 Å². The van der Waals surface area contributed by atoms with Gasteiger partial charge >= 0.3 is 0 Å². The van der Waals surface area contributed by atoms with E-state index in [0.717, 1.165) is 0 Å². The molecule has 2 aromatic carbocycles. The Balaban J connectivity index is 1.98. The number of rotatable bonds is 4. The lowest BCUT2D eigenvalue weighted by Crippen LogP contribution is -2.37. The van der Waals surface area contributed by atoms with Crippen molar-refractivity contribution in [3.8, 4) is 0 Å². The number of likely N-dealkylation sites (N-methyl/N-ethyl adjacent to an activating group) is 1. The van der Waals surface area contributed by atoms with Crippen LogP contribution < -0.4 is 5.73 Å². The van der Waals surface area contributed by atoms with E-state index in [1.165, 1.54) is 42.0 Å². The van der Waals surface area contributed by atoms with Gasteiger partial charge in [0.05, 0.1) is 0 Å². The molecule has 2 aromatic rings. The van der Waals surface area contributed by atoms with E-state index in [2.05, 4.69) is 54.4 Å². The van der Waals surface area contributed by atoms with Crippen LogP contribution in [0.4, 0.5) is 0 Å². The van der Waals surface area contributed by atoms with Crippen LogP contribution in [0.25, 0.3) is 10.8 Å². The van der Waals surface area contributed by atoms with E-state index in [4.69, 9.17) is 5.73 Å². The Morgan fingerprint density at radius 2 is 1.80 bits per heavy atom. The van der Waals surface area contributed by atoms with Crippen LogP contribution in [-0.2, 0) is 0 Å². The van der Waals surface area contributed by atoms with Crippen molar-refractivity contribution >= 4 is 10.8 Å². The first-order valence-electron chi connectivity index (χ1n) is 7.71. The van der Waals surface area contributed by atoms with Crippen molar-refractivity contribution in [3.63, 3.8) is 0 Å². The standard InChI is InChI=1S/C18H24N2/c1-20(15-9-3-4-10-15)18(13-19)17-12-6-8-14-7-2-5-11-16(14)17/h2,5-8,11-12,15,18H,3-4,9-10,13,19H2,1H3. The first-order valence-corrected chi connectivity index (χ1v) is 7.71. The Labute approximate surface area is 121 Å². The van der Waals surface area contributed by atoms with E-state index in [0.29, 0.717) is 18.6 Å². The van der Waals surface area contributed by atoms with Crippen molar-refractivity contribution in [2.45, 2.75) is 37.8 Å². The molecule has 1 atom stereocenters. The lowest BCUT2D eigenvalue weighted by atomic mass is 9.96. The molecular formula is C18H24N2.